The average molecular weight is 453 g/mol. The summed E-state index contributed by atoms with van der Waals surface area (Å²) in [7, 11) is 0. The van der Waals surface area contributed by atoms with Gasteiger partial charge in [-0.15, -0.1) is 0 Å². The van der Waals surface area contributed by atoms with Crippen LogP contribution in [0.4, 0.5) is 26.3 Å². The van der Waals surface area contributed by atoms with Crippen molar-refractivity contribution in [2.24, 2.45) is 5.16 Å². The molecule has 160 valence electrons. The highest BCUT2D eigenvalue weighted by Gasteiger charge is 2.63. The van der Waals surface area contributed by atoms with Gasteiger partial charge in [0.25, 0.3) is 5.60 Å². The number of rotatable bonds is 3. The number of alkyl halides is 6. The number of pyridine rings is 1. The molecule has 2 heterocycles. The lowest BCUT2D eigenvalue weighted by Crippen LogP contribution is -2.43. The van der Waals surface area contributed by atoms with Crippen LogP contribution in [0.2, 0.25) is 5.02 Å². The molecular weight excluding hydrogens is 442 g/mol. The third kappa shape index (κ3) is 3.81. The fourth-order valence-corrected chi connectivity index (χ4v) is 3.16. The van der Waals surface area contributed by atoms with Gasteiger partial charge in [-0.3, -0.25) is 0 Å². The Morgan fingerprint density at radius 3 is 2.37 bits per heavy atom. The second kappa shape index (κ2) is 7.15. The summed E-state index contributed by atoms with van der Waals surface area (Å²) in [6.45, 7) is 1.44. The van der Waals surface area contributed by atoms with E-state index in [1.807, 2.05) is 0 Å². The zero-order valence-corrected chi connectivity index (χ0v) is 15.7. The molecule has 0 amide bonds. The van der Waals surface area contributed by atoms with Crippen LogP contribution in [0.15, 0.2) is 35.5 Å². The van der Waals surface area contributed by atoms with Crippen LogP contribution in [-0.2, 0) is 16.6 Å². The maximum absolute atomic E-state index is 14.0. The Hall–Kier alpha value is -2.82. The van der Waals surface area contributed by atoms with Gasteiger partial charge in [0.1, 0.15) is 5.69 Å². The summed E-state index contributed by atoms with van der Waals surface area (Å²) in [6.07, 6.45) is -11.2. The molecule has 0 fully saturated rings. The summed E-state index contributed by atoms with van der Waals surface area (Å²) >= 11 is 5.61. The van der Waals surface area contributed by atoms with Crippen LogP contribution in [-0.4, -0.2) is 27.9 Å². The summed E-state index contributed by atoms with van der Waals surface area (Å²) < 4.78 is 81.0. The predicted molar refractivity (Wildman–Crippen MR) is 92.4 cm³/mol. The number of aromatic carboxylic acids is 1. The average Bonchev–Trinajstić information content (AvgIpc) is 3.06. The van der Waals surface area contributed by atoms with Crippen LogP contribution in [0.5, 0.6) is 0 Å². The number of carbonyl (C=O) groups is 1. The van der Waals surface area contributed by atoms with Gasteiger partial charge in [0.2, 0.25) is 0 Å². The largest absolute Gasteiger partial charge is 0.478 e. The number of oxime groups is 1. The van der Waals surface area contributed by atoms with Crippen LogP contribution in [0.3, 0.4) is 0 Å². The highest BCUT2D eigenvalue weighted by atomic mass is 35.5. The molecule has 0 spiro atoms. The first-order valence-electron chi connectivity index (χ1n) is 8.16. The number of benzene rings is 1. The van der Waals surface area contributed by atoms with Gasteiger partial charge in [0.15, 0.2) is 0 Å². The Morgan fingerprint density at radius 1 is 1.17 bits per heavy atom. The molecule has 3 rings (SSSR count). The Morgan fingerprint density at radius 2 is 1.83 bits per heavy atom. The van der Waals surface area contributed by atoms with E-state index < -0.39 is 46.8 Å². The minimum atomic E-state index is -5.19. The molecule has 2 aromatic rings. The van der Waals surface area contributed by atoms with Gasteiger partial charge in [0, 0.05) is 5.02 Å². The molecule has 0 bridgehead atoms. The predicted octanol–water partition coefficient (Wildman–Crippen LogP) is 5.34. The molecule has 12 heteroatoms. The molecule has 0 saturated carbocycles. The highest BCUT2D eigenvalue weighted by molar-refractivity contribution is 6.30. The number of hydrogen-bond donors (Lipinski definition) is 1. The van der Waals surface area contributed by atoms with Crippen LogP contribution in [0.25, 0.3) is 0 Å². The summed E-state index contributed by atoms with van der Waals surface area (Å²) in [4.78, 5) is 18.9. The van der Waals surface area contributed by atoms with E-state index in [2.05, 4.69) is 15.0 Å². The summed E-state index contributed by atoms with van der Waals surface area (Å²) in [6, 6.07) is 4.76. The van der Waals surface area contributed by atoms with Crippen molar-refractivity contribution in [2.45, 2.75) is 31.3 Å². The van der Waals surface area contributed by atoms with Crippen molar-refractivity contribution in [3.8, 4) is 0 Å². The molecule has 5 nitrogen and oxygen atoms in total. The van der Waals surface area contributed by atoms with Gasteiger partial charge in [-0.2, -0.15) is 26.3 Å². The molecule has 30 heavy (non-hydrogen) atoms. The van der Waals surface area contributed by atoms with E-state index in [9.17, 15) is 31.1 Å². The highest BCUT2D eigenvalue weighted by Crippen LogP contribution is 2.49. The van der Waals surface area contributed by atoms with Gasteiger partial charge in [-0.1, -0.05) is 22.8 Å². The number of carboxylic acid groups (broad SMARTS) is 1. The Kier molecular flexibility index (Phi) is 5.21. The lowest BCUT2D eigenvalue weighted by Gasteiger charge is -2.29. The molecule has 0 saturated heterocycles. The number of aromatic nitrogens is 1. The van der Waals surface area contributed by atoms with Gasteiger partial charge >= 0.3 is 18.3 Å². The van der Waals surface area contributed by atoms with Crippen molar-refractivity contribution >= 4 is 23.3 Å². The lowest BCUT2D eigenvalue weighted by molar-refractivity contribution is -0.277. The van der Waals surface area contributed by atoms with Gasteiger partial charge in [0.05, 0.1) is 23.4 Å². The molecule has 0 unspecified atom stereocenters. The number of aryl methyl sites for hydroxylation is 1. The quantitative estimate of drug-likeness (QED) is 0.638. The maximum atomic E-state index is 14.0. The van der Waals surface area contributed by atoms with Crippen molar-refractivity contribution in [1.29, 1.82) is 0 Å². The van der Waals surface area contributed by atoms with Gasteiger partial charge < -0.3 is 9.94 Å². The fraction of sp³-hybridized carbons (Fsp3) is 0.278. The minimum absolute atomic E-state index is 0.0633. The number of carboxylic acids is 1. The van der Waals surface area contributed by atoms with Crippen LogP contribution in [0.1, 0.15) is 39.3 Å². The van der Waals surface area contributed by atoms with E-state index >= 15 is 0 Å². The molecule has 1 atom stereocenters. The third-order valence-electron chi connectivity index (χ3n) is 4.47. The second-order valence-electron chi connectivity index (χ2n) is 6.52. The van der Waals surface area contributed by atoms with Crippen molar-refractivity contribution < 1.29 is 41.1 Å². The minimum Gasteiger partial charge on any atom is -0.478 e. The van der Waals surface area contributed by atoms with Crippen LogP contribution in [0, 0.1) is 6.92 Å². The molecule has 0 aliphatic carbocycles. The molecule has 1 aromatic carbocycles. The number of halogens is 7. The molecule has 0 radical (unpaired) electrons. The first-order valence-corrected chi connectivity index (χ1v) is 8.54. The SMILES string of the molecule is Cc1cc(C2=NO[C@](c3cc(Cl)cc(C(F)(F)F)n3)(C(F)(F)F)C2)ccc1C(=O)O. The smallest absolute Gasteiger partial charge is 0.437 e. The topological polar surface area (TPSA) is 71.8 Å². The fourth-order valence-electron chi connectivity index (χ4n) is 2.96. The number of hydrogen-bond acceptors (Lipinski definition) is 4. The monoisotopic (exact) mass is 452 g/mol. The van der Waals surface area contributed by atoms with Crippen LogP contribution < -0.4 is 0 Å². The van der Waals surface area contributed by atoms with Crippen molar-refractivity contribution in [1.82, 2.24) is 4.98 Å². The summed E-state index contributed by atoms with van der Waals surface area (Å²) in [5.41, 5.74) is -5.89. The standard InChI is InChI=1S/C18H11ClF6N2O3/c1-8-4-9(2-3-11(8)15(28)29)12-7-16(30-27-12,18(23,24)25)13-5-10(19)6-14(26-13)17(20,21)22/h2-6H,7H2,1H3,(H,28,29)/t16-/m1/s1. The van der Waals surface area contributed by atoms with E-state index in [-0.39, 0.29) is 22.4 Å². The first kappa shape index (κ1) is 21.9. The van der Waals surface area contributed by atoms with Crippen molar-refractivity contribution in [2.75, 3.05) is 0 Å². The van der Waals surface area contributed by atoms with Crippen LogP contribution >= 0.6 is 11.6 Å². The molecule has 1 N–H and O–H groups in total. The van der Waals surface area contributed by atoms with Crippen molar-refractivity contribution in [3.05, 3.63) is 63.4 Å². The van der Waals surface area contributed by atoms with E-state index in [1.165, 1.54) is 25.1 Å². The summed E-state index contributed by atoms with van der Waals surface area (Å²) in [5, 5.41) is 11.9. The van der Waals surface area contributed by atoms with Crippen molar-refractivity contribution in [3.63, 3.8) is 0 Å². The normalized spacial score (nSPS) is 19.4. The van der Waals surface area contributed by atoms with E-state index in [0.717, 1.165) is 0 Å². The molecule has 1 aromatic heterocycles. The Bertz CT molecular complexity index is 1050. The molecule has 1 aliphatic rings. The van der Waals surface area contributed by atoms with Gasteiger partial charge in [-0.05, 0) is 42.3 Å². The Labute approximate surface area is 169 Å². The second-order valence-corrected chi connectivity index (χ2v) is 6.96. The third-order valence-corrected chi connectivity index (χ3v) is 4.69. The van der Waals surface area contributed by atoms with Gasteiger partial charge in [-0.25, -0.2) is 9.78 Å². The van der Waals surface area contributed by atoms with E-state index in [1.54, 1.807) is 0 Å². The number of nitrogens with zero attached hydrogens (tertiary/aromatic N) is 2. The molecule has 1 aliphatic heterocycles. The Balaban J connectivity index is 2.06. The zero-order valence-electron chi connectivity index (χ0n) is 14.9. The maximum Gasteiger partial charge on any atom is 0.437 e. The van der Waals surface area contributed by atoms with E-state index in [0.29, 0.717) is 12.1 Å². The first-order chi connectivity index (χ1) is 13.7. The molecular formula is C18H11ClF6N2O3. The van der Waals surface area contributed by atoms with E-state index in [4.69, 9.17) is 16.7 Å². The lowest BCUT2D eigenvalue weighted by atomic mass is 9.89. The summed E-state index contributed by atoms with van der Waals surface area (Å²) in [5.74, 6) is -1.23. The zero-order chi connectivity index (χ0) is 22.5.